The van der Waals surface area contributed by atoms with E-state index < -0.39 is 0 Å². The minimum absolute atomic E-state index is 0.616. The second-order valence-corrected chi connectivity index (χ2v) is 3.55. The lowest BCUT2D eigenvalue weighted by Gasteiger charge is -2.16. The van der Waals surface area contributed by atoms with Crippen LogP contribution in [-0.2, 0) is 9.47 Å². The molecule has 76 valence electrons. The van der Waals surface area contributed by atoms with Crippen LogP contribution in [0.2, 0.25) is 0 Å². The quantitative estimate of drug-likeness (QED) is 0.454. The van der Waals surface area contributed by atoms with Gasteiger partial charge in [0.05, 0.1) is 23.7 Å². The fraction of sp³-hybridized carbons (Fsp3) is 0.778. The third kappa shape index (κ3) is 5.71. The highest BCUT2D eigenvalue weighted by Gasteiger charge is 1.99. The van der Waals surface area contributed by atoms with E-state index in [0.29, 0.717) is 5.95 Å². The molecule has 0 bridgehead atoms. The van der Waals surface area contributed by atoms with Crippen molar-refractivity contribution in [1.29, 1.82) is 0 Å². The van der Waals surface area contributed by atoms with Gasteiger partial charge in [0.25, 0.3) is 5.95 Å². The topological polar surface area (TPSA) is 21.7 Å². The smallest absolute Gasteiger partial charge is 0.269 e. The molecule has 0 aromatic rings. The van der Waals surface area contributed by atoms with E-state index in [1.54, 1.807) is 14.2 Å². The first kappa shape index (κ1) is 12.5. The first-order valence-corrected chi connectivity index (χ1v) is 5.80. The van der Waals surface area contributed by atoms with E-state index in [2.05, 4.69) is 18.7 Å². The standard InChI is InChI=1S/C9H19NO2Si/c1-5-10(6-2)8-13-7-9(11-3)12-4/h7H,5-6,8H2,1-4H3. The molecule has 0 amide bonds. The normalized spacial score (nSPS) is 9.92. The SMILES string of the molecule is CCN(CC)C[Si]C=C(OC)OC. The highest BCUT2D eigenvalue weighted by Crippen LogP contribution is 1.94. The van der Waals surface area contributed by atoms with Crippen molar-refractivity contribution in [3.05, 3.63) is 11.6 Å². The van der Waals surface area contributed by atoms with Gasteiger partial charge in [-0.1, -0.05) is 13.8 Å². The van der Waals surface area contributed by atoms with Crippen LogP contribution in [-0.4, -0.2) is 47.9 Å². The van der Waals surface area contributed by atoms with Crippen molar-refractivity contribution < 1.29 is 9.47 Å². The molecular formula is C9H19NO2Si. The molecule has 3 nitrogen and oxygen atoms in total. The maximum Gasteiger partial charge on any atom is 0.269 e. The molecule has 0 aliphatic rings. The Bertz CT molecular complexity index is 141. The van der Waals surface area contributed by atoms with Crippen molar-refractivity contribution in [2.45, 2.75) is 13.8 Å². The molecule has 0 aliphatic carbocycles. The molecule has 0 spiro atoms. The Labute approximate surface area is 83.5 Å². The molecule has 0 atom stereocenters. The Balaban J connectivity index is 3.68. The van der Waals surface area contributed by atoms with E-state index in [4.69, 9.17) is 9.47 Å². The summed E-state index contributed by atoms with van der Waals surface area (Å²) in [5.74, 6) is 0.616. The predicted octanol–water partition coefficient (Wildman–Crippen LogP) is 1.08. The van der Waals surface area contributed by atoms with Crippen molar-refractivity contribution in [1.82, 2.24) is 4.90 Å². The average molecular weight is 201 g/mol. The Morgan fingerprint density at radius 1 is 1.23 bits per heavy atom. The molecule has 0 saturated heterocycles. The zero-order chi connectivity index (χ0) is 10.1. The minimum Gasteiger partial charge on any atom is -0.469 e. The van der Waals surface area contributed by atoms with Gasteiger partial charge in [-0.15, -0.1) is 0 Å². The zero-order valence-corrected chi connectivity index (χ0v) is 9.96. The van der Waals surface area contributed by atoms with Crippen LogP contribution in [0.25, 0.3) is 0 Å². The monoisotopic (exact) mass is 201 g/mol. The Kier molecular flexibility index (Phi) is 7.83. The molecule has 4 heteroatoms. The molecule has 0 N–H and O–H groups in total. The van der Waals surface area contributed by atoms with Crippen LogP contribution in [0.15, 0.2) is 11.6 Å². The lowest BCUT2D eigenvalue weighted by molar-refractivity contribution is 0.0963. The number of rotatable bonds is 7. The van der Waals surface area contributed by atoms with Gasteiger partial charge in [-0.3, -0.25) is 0 Å². The number of hydrogen-bond acceptors (Lipinski definition) is 3. The van der Waals surface area contributed by atoms with Crippen molar-refractivity contribution in [3.63, 3.8) is 0 Å². The summed E-state index contributed by atoms with van der Waals surface area (Å²) in [7, 11) is 3.98. The summed E-state index contributed by atoms with van der Waals surface area (Å²) in [4.78, 5) is 2.37. The first-order valence-electron chi connectivity index (χ1n) is 4.52. The Morgan fingerprint density at radius 2 is 1.77 bits per heavy atom. The van der Waals surface area contributed by atoms with Crippen LogP contribution in [0.3, 0.4) is 0 Å². The summed E-state index contributed by atoms with van der Waals surface area (Å²) in [5.41, 5.74) is 2.00. The second kappa shape index (κ2) is 8.13. The zero-order valence-electron chi connectivity index (χ0n) is 8.96. The van der Waals surface area contributed by atoms with Crippen LogP contribution >= 0.6 is 0 Å². The summed E-state index contributed by atoms with van der Waals surface area (Å²) >= 11 is 0. The van der Waals surface area contributed by atoms with Gasteiger partial charge in [-0.05, 0) is 25.0 Å². The summed E-state index contributed by atoms with van der Waals surface area (Å²) in [6, 6.07) is 0. The highest BCUT2D eigenvalue weighted by molar-refractivity contribution is 6.42. The molecule has 0 aliphatic heterocycles. The largest absolute Gasteiger partial charge is 0.469 e. The van der Waals surface area contributed by atoms with Gasteiger partial charge in [0, 0.05) is 0 Å². The second-order valence-electron chi connectivity index (χ2n) is 2.54. The van der Waals surface area contributed by atoms with Crippen LogP contribution in [0.1, 0.15) is 13.8 Å². The van der Waals surface area contributed by atoms with Gasteiger partial charge >= 0.3 is 0 Å². The van der Waals surface area contributed by atoms with Crippen LogP contribution in [0.4, 0.5) is 0 Å². The Morgan fingerprint density at radius 3 is 2.15 bits per heavy atom. The summed E-state index contributed by atoms with van der Waals surface area (Å²) in [5, 5.41) is 0. The maximum absolute atomic E-state index is 4.98. The third-order valence-electron chi connectivity index (χ3n) is 1.83. The number of ether oxygens (including phenoxy) is 2. The van der Waals surface area contributed by atoms with Gasteiger partial charge in [-0.2, -0.15) is 0 Å². The van der Waals surface area contributed by atoms with E-state index in [1.807, 2.05) is 5.70 Å². The van der Waals surface area contributed by atoms with E-state index in [1.165, 1.54) is 0 Å². The van der Waals surface area contributed by atoms with Crippen molar-refractivity contribution in [3.8, 4) is 0 Å². The van der Waals surface area contributed by atoms with Crippen LogP contribution < -0.4 is 0 Å². The average Bonchev–Trinajstić information content (AvgIpc) is 2.19. The van der Waals surface area contributed by atoms with E-state index >= 15 is 0 Å². The van der Waals surface area contributed by atoms with Crippen LogP contribution in [0.5, 0.6) is 0 Å². The highest BCUT2D eigenvalue weighted by atomic mass is 28.2. The number of hydrogen-bond donors (Lipinski definition) is 0. The van der Waals surface area contributed by atoms with Crippen LogP contribution in [0, 0.1) is 0 Å². The summed E-state index contributed by atoms with van der Waals surface area (Å²) in [6.07, 6.45) is 1.09. The molecule has 13 heavy (non-hydrogen) atoms. The third-order valence-corrected chi connectivity index (χ3v) is 2.90. The fourth-order valence-corrected chi connectivity index (χ4v) is 2.11. The van der Waals surface area contributed by atoms with Gasteiger partial charge in [0.2, 0.25) is 0 Å². The van der Waals surface area contributed by atoms with Gasteiger partial charge < -0.3 is 14.4 Å². The van der Waals surface area contributed by atoms with Gasteiger partial charge in [0.1, 0.15) is 0 Å². The lowest BCUT2D eigenvalue weighted by Crippen LogP contribution is -2.27. The molecule has 0 saturated carbocycles. The molecule has 2 radical (unpaired) electrons. The Hall–Kier alpha value is -0.483. The molecule has 0 aromatic carbocycles. The maximum atomic E-state index is 4.98. The number of nitrogens with zero attached hydrogens (tertiary/aromatic N) is 1. The molecular weight excluding hydrogens is 182 g/mol. The fourth-order valence-electron chi connectivity index (χ4n) is 0.906. The molecule has 0 fully saturated rings. The molecule has 0 heterocycles. The van der Waals surface area contributed by atoms with E-state index in [0.717, 1.165) is 28.8 Å². The first-order chi connectivity index (χ1) is 6.28. The van der Waals surface area contributed by atoms with Gasteiger partial charge in [-0.25, -0.2) is 0 Å². The number of methoxy groups -OCH3 is 2. The van der Waals surface area contributed by atoms with Gasteiger partial charge in [0.15, 0.2) is 0 Å². The minimum atomic E-state index is 0.616. The molecule has 0 rings (SSSR count). The lowest BCUT2D eigenvalue weighted by atomic mass is 10.6. The summed E-state index contributed by atoms with van der Waals surface area (Å²) in [6.45, 7) is 6.55. The summed E-state index contributed by atoms with van der Waals surface area (Å²) < 4.78 is 9.95. The van der Waals surface area contributed by atoms with E-state index in [9.17, 15) is 0 Å². The van der Waals surface area contributed by atoms with E-state index in [-0.39, 0.29) is 0 Å². The van der Waals surface area contributed by atoms with Crippen molar-refractivity contribution >= 4 is 9.52 Å². The molecule has 0 aromatic heterocycles. The molecule has 0 unspecified atom stereocenters. The predicted molar refractivity (Wildman–Crippen MR) is 55.6 cm³/mol. The van der Waals surface area contributed by atoms with Crippen molar-refractivity contribution in [2.75, 3.05) is 33.5 Å². The van der Waals surface area contributed by atoms with Crippen molar-refractivity contribution in [2.24, 2.45) is 0 Å².